The van der Waals surface area contributed by atoms with E-state index in [4.69, 9.17) is 9.47 Å². The normalized spacial score (nSPS) is 18.3. The number of methoxy groups -OCH3 is 2. The number of anilines is 2. The summed E-state index contributed by atoms with van der Waals surface area (Å²) in [6, 6.07) is 10.6. The summed E-state index contributed by atoms with van der Waals surface area (Å²) in [6.45, 7) is 5.59. The molecule has 2 aromatic carbocycles. The summed E-state index contributed by atoms with van der Waals surface area (Å²) in [4.78, 5) is 46.2. The molecular weight excluding hydrogens is 534 g/mol. The number of hydrogen-bond acceptors (Lipinski definition) is 7. The van der Waals surface area contributed by atoms with Gasteiger partial charge in [0.25, 0.3) is 11.8 Å². The molecule has 0 bridgehead atoms. The summed E-state index contributed by atoms with van der Waals surface area (Å²) in [5.74, 6) is 1.07. The van der Waals surface area contributed by atoms with Gasteiger partial charge in [0.1, 0.15) is 0 Å². The van der Waals surface area contributed by atoms with Gasteiger partial charge in [-0.1, -0.05) is 19.3 Å². The molecule has 0 unspecified atom stereocenters. The number of nitrogens with zero attached hydrogens (tertiary/aromatic N) is 3. The summed E-state index contributed by atoms with van der Waals surface area (Å²) in [7, 11) is 3.08. The predicted octanol–water partition coefficient (Wildman–Crippen LogP) is 3.62. The highest BCUT2D eigenvalue weighted by atomic mass is 16.5. The van der Waals surface area contributed by atoms with Gasteiger partial charge in [0, 0.05) is 69.4 Å². The Morgan fingerprint density at radius 1 is 0.762 bits per heavy atom. The van der Waals surface area contributed by atoms with Gasteiger partial charge in [-0.2, -0.15) is 0 Å². The Balaban J connectivity index is 1.39. The summed E-state index contributed by atoms with van der Waals surface area (Å²) in [5, 5.41) is 6.36. The van der Waals surface area contributed by atoms with E-state index in [1.54, 1.807) is 31.4 Å². The van der Waals surface area contributed by atoms with E-state index < -0.39 is 0 Å². The van der Waals surface area contributed by atoms with E-state index in [0.717, 1.165) is 64.0 Å². The van der Waals surface area contributed by atoms with Crippen LogP contribution in [0.3, 0.4) is 0 Å². The van der Waals surface area contributed by atoms with Crippen LogP contribution in [0.25, 0.3) is 0 Å². The Bertz CT molecular complexity index is 1270. The van der Waals surface area contributed by atoms with Gasteiger partial charge in [0.15, 0.2) is 11.5 Å². The van der Waals surface area contributed by atoms with Crippen LogP contribution in [-0.4, -0.2) is 94.1 Å². The molecule has 2 saturated heterocycles. The average molecular weight is 578 g/mol. The lowest BCUT2D eigenvalue weighted by atomic mass is 9.88. The first-order chi connectivity index (χ1) is 20.5. The number of rotatable bonds is 7. The summed E-state index contributed by atoms with van der Waals surface area (Å²) in [5.41, 5.74) is 2.36. The number of hydrogen-bond donors (Lipinski definition) is 2. The number of carbonyl (C=O) groups is 3. The molecule has 0 atom stereocenters. The Morgan fingerprint density at radius 2 is 1.50 bits per heavy atom. The van der Waals surface area contributed by atoms with Crippen molar-refractivity contribution in [1.29, 1.82) is 0 Å². The minimum Gasteiger partial charge on any atom is -0.493 e. The number of piperazine rings is 1. The van der Waals surface area contributed by atoms with Crippen LogP contribution < -0.4 is 25.0 Å². The Hall–Kier alpha value is -3.79. The third-order valence-electron chi connectivity index (χ3n) is 8.64. The van der Waals surface area contributed by atoms with Crippen molar-refractivity contribution in [2.45, 2.75) is 38.5 Å². The zero-order valence-corrected chi connectivity index (χ0v) is 24.8. The van der Waals surface area contributed by atoms with Gasteiger partial charge in [-0.05, 0) is 55.7 Å². The van der Waals surface area contributed by atoms with Gasteiger partial charge in [-0.25, -0.2) is 0 Å². The molecule has 1 saturated carbocycles. The Kier molecular flexibility index (Phi) is 9.84. The van der Waals surface area contributed by atoms with Gasteiger partial charge in [-0.3, -0.25) is 14.4 Å². The van der Waals surface area contributed by atoms with Crippen molar-refractivity contribution < 1.29 is 23.9 Å². The van der Waals surface area contributed by atoms with E-state index in [1.807, 2.05) is 21.9 Å². The number of nitrogens with one attached hydrogen (secondary N) is 2. The van der Waals surface area contributed by atoms with E-state index in [-0.39, 0.29) is 23.6 Å². The zero-order chi connectivity index (χ0) is 29.5. The summed E-state index contributed by atoms with van der Waals surface area (Å²) < 4.78 is 10.7. The van der Waals surface area contributed by atoms with E-state index in [9.17, 15) is 14.4 Å². The second-order valence-corrected chi connectivity index (χ2v) is 11.3. The van der Waals surface area contributed by atoms with Crippen molar-refractivity contribution in [2.75, 3.05) is 76.8 Å². The van der Waals surface area contributed by atoms with Crippen molar-refractivity contribution >= 4 is 29.1 Å². The SMILES string of the molecule is COc1ccc(C(=O)Nc2cc(C(=O)N3CCNCC3)ccc2N2CCCN(C(=O)C3CCCCC3)CC2)cc1OC. The van der Waals surface area contributed by atoms with Crippen LogP contribution in [0.5, 0.6) is 11.5 Å². The lowest BCUT2D eigenvalue weighted by Gasteiger charge is -2.30. The van der Waals surface area contributed by atoms with Crippen LogP contribution in [0.1, 0.15) is 59.2 Å². The molecule has 1 aliphatic carbocycles. The second-order valence-electron chi connectivity index (χ2n) is 11.3. The lowest BCUT2D eigenvalue weighted by molar-refractivity contribution is -0.136. The van der Waals surface area contributed by atoms with Crippen LogP contribution in [0.15, 0.2) is 36.4 Å². The number of carbonyl (C=O) groups excluding carboxylic acids is 3. The predicted molar refractivity (Wildman–Crippen MR) is 163 cm³/mol. The topological polar surface area (TPSA) is 103 Å². The lowest BCUT2D eigenvalue weighted by Crippen LogP contribution is -2.46. The summed E-state index contributed by atoms with van der Waals surface area (Å²) in [6.07, 6.45) is 6.32. The van der Waals surface area contributed by atoms with Crippen molar-refractivity contribution in [3.8, 4) is 11.5 Å². The summed E-state index contributed by atoms with van der Waals surface area (Å²) >= 11 is 0. The molecule has 2 aromatic rings. The molecule has 42 heavy (non-hydrogen) atoms. The number of amides is 3. The largest absolute Gasteiger partial charge is 0.493 e. The molecule has 226 valence electrons. The smallest absolute Gasteiger partial charge is 0.255 e. The van der Waals surface area contributed by atoms with Gasteiger partial charge in [0.05, 0.1) is 25.6 Å². The van der Waals surface area contributed by atoms with Gasteiger partial charge in [0.2, 0.25) is 5.91 Å². The number of benzene rings is 2. The van der Waals surface area contributed by atoms with Crippen LogP contribution in [0, 0.1) is 5.92 Å². The highest BCUT2D eigenvalue weighted by Crippen LogP contribution is 2.32. The van der Waals surface area contributed by atoms with E-state index in [1.165, 1.54) is 13.5 Å². The van der Waals surface area contributed by atoms with Gasteiger partial charge in [-0.15, -0.1) is 0 Å². The third-order valence-corrected chi connectivity index (χ3v) is 8.64. The number of ether oxygens (including phenoxy) is 2. The molecule has 0 aromatic heterocycles. The maximum atomic E-state index is 13.5. The molecule has 10 nitrogen and oxygen atoms in total. The average Bonchev–Trinajstić information content (AvgIpc) is 3.31. The monoisotopic (exact) mass is 577 g/mol. The molecular formula is C32H43N5O5. The van der Waals surface area contributed by atoms with Crippen LogP contribution >= 0.6 is 0 Å². The minimum atomic E-state index is -0.312. The fourth-order valence-corrected chi connectivity index (χ4v) is 6.25. The Morgan fingerprint density at radius 3 is 2.24 bits per heavy atom. The highest BCUT2D eigenvalue weighted by Gasteiger charge is 2.28. The second kappa shape index (κ2) is 13.9. The molecule has 2 N–H and O–H groups in total. The maximum Gasteiger partial charge on any atom is 0.255 e. The van der Waals surface area contributed by atoms with Crippen molar-refractivity contribution in [1.82, 2.24) is 15.1 Å². The first-order valence-electron chi connectivity index (χ1n) is 15.2. The maximum absolute atomic E-state index is 13.5. The molecule has 0 spiro atoms. The first kappa shape index (κ1) is 29.7. The van der Waals surface area contributed by atoms with Crippen molar-refractivity contribution in [3.63, 3.8) is 0 Å². The zero-order valence-electron chi connectivity index (χ0n) is 24.8. The van der Waals surface area contributed by atoms with Crippen molar-refractivity contribution in [2.24, 2.45) is 5.92 Å². The highest BCUT2D eigenvalue weighted by molar-refractivity contribution is 6.07. The van der Waals surface area contributed by atoms with Crippen LogP contribution in [-0.2, 0) is 4.79 Å². The molecule has 3 aliphatic rings. The van der Waals surface area contributed by atoms with Gasteiger partial charge >= 0.3 is 0 Å². The first-order valence-corrected chi connectivity index (χ1v) is 15.2. The molecule has 3 amide bonds. The third kappa shape index (κ3) is 6.81. The van der Waals surface area contributed by atoms with Crippen LogP contribution in [0.2, 0.25) is 0 Å². The van der Waals surface area contributed by atoms with E-state index >= 15 is 0 Å². The van der Waals surface area contributed by atoms with Gasteiger partial charge < -0.3 is 34.8 Å². The van der Waals surface area contributed by atoms with Crippen LogP contribution in [0.4, 0.5) is 11.4 Å². The molecule has 2 aliphatic heterocycles. The standard InChI is InChI=1S/C32H43N5O5/c1-41-28-12-10-24(22-29(28)42-2)30(38)34-26-21-25(32(40)37-17-13-33-14-18-37)9-11-27(26)35-15-6-16-36(20-19-35)31(39)23-7-4-3-5-8-23/h9-12,21-23,33H,3-8,13-20H2,1-2H3,(H,34,38). The van der Waals surface area contributed by atoms with Crippen molar-refractivity contribution in [3.05, 3.63) is 47.5 Å². The van der Waals surface area contributed by atoms with E-state index in [0.29, 0.717) is 54.5 Å². The molecule has 2 heterocycles. The fraction of sp³-hybridized carbons (Fsp3) is 0.531. The molecule has 10 heteroatoms. The van der Waals surface area contributed by atoms with E-state index in [2.05, 4.69) is 15.5 Å². The molecule has 3 fully saturated rings. The Labute approximate surface area is 248 Å². The quantitative estimate of drug-likeness (QED) is 0.518. The molecule has 5 rings (SSSR count). The fourth-order valence-electron chi connectivity index (χ4n) is 6.25. The minimum absolute atomic E-state index is 0.0511. The molecule has 0 radical (unpaired) electrons.